The van der Waals surface area contributed by atoms with Crippen LogP contribution in [0.1, 0.15) is 18.2 Å². The van der Waals surface area contributed by atoms with Crippen molar-refractivity contribution in [2.24, 2.45) is 14.1 Å². The Morgan fingerprint density at radius 1 is 1.25 bits per heavy atom. The molecule has 5 heteroatoms. The molecule has 1 N–H and O–H groups in total. The smallest absolute Gasteiger partial charge is 0.0729 e. The molecule has 5 nitrogen and oxygen atoms in total. The molecule has 0 aromatic carbocycles. The van der Waals surface area contributed by atoms with Crippen molar-refractivity contribution in [1.82, 2.24) is 19.6 Å². The van der Waals surface area contributed by atoms with Crippen LogP contribution in [0.2, 0.25) is 0 Å². The lowest BCUT2D eigenvalue weighted by atomic mass is 10.2. The molecule has 2 rings (SSSR count). The minimum atomic E-state index is 0.794. The van der Waals surface area contributed by atoms with Gasteiger partial charge in [0, 0.05) is 38.6 Å². The average molecular weight is 219 g/mol. The van der Waals surface area contributed by atoms with Gasteiger partial charge in [0.2, 0.25) is 0 Å². The molecule has 0 atom stereocenters. The summed E-state index contributed by atoms with van der Waals surface area (Å²) in [6.07, 6.45) is 6.80. The zero-order valence-corrected chi connectivity index (χ0v) is 9.94. The van der Waals surface area contributed by atoms with Crippen molar-refractivity contribution >= 4 is 5.69 Å². The maximum absolute atomic E-state index is 4.40. The summed E-state index contributed by atoms with van der Waals surface area (Å²) in [6, 6.07) is 0. The lowest BCUT2D eigenvalue weighted by molar-refractivity contribution is 0.746. The van der Waals surface area contributed by atoms with Gasteiger partial charge in [-0.05, 0) is 6.42 Å². The SMILES string of the molecule is CCc1nn(C)cc1CNc1cnn(C)c1. The topological polar surface area (TPSA) is 47.7 Å². The highest BCUT2D eigenvalue weighted by molar-refractivity contribution is 5.39. The van der Waals surface area contributed by atoms with Gasteiger partial charge in [0.1, 0.15) is 0 Å². The fraction of sp³-hybridized carbons (Fsp3) is 0.455. The number of nitrogens with zero attached hydrogens (tertiary/aromatic N) is 4. The van der Waals surface area contributed by atoms with Crippen LogP contribution < -0.4 is 5.32 Å². The fourth-order valence-electron chi connectivity index (χ4n) is 1.74. The van der Waals surface area contributed by atoms with Gasteiger partial charge < -0.3 is 5.32 Å². The third-order valence-corrected chi connectivity index (χ3v) is 2.51. The monoisotopic (exact) mass is 219 g/mol. The Morgan fingerprint density at radius 2 is 2.06 bits per heavy atom. The first-order valence-corrected chi connectivity index (χ1v) is 5.43. The molecule has 0 unspecified atom stereocenters. The predicted octanol–water partition coefficient (Wildman–Crippen LogP) is 1.33. The van der Waals surface area contributed by atoms with Crippen molar-refractivity contribution < 1.29 is 0 Å². The number of rotatable bonds is 4. The van der Waals surface area contributed by atoms with Gasteiger partial charge >= 0.3 is 0 Å². The summed E-state index contributed by atoms with van der Waals surface area (Å²) in [5.41, 5.74) is 3.43. The average Bonchev–Trinajstić information content (AvgIpc) is 2.81. The van der Waals surface area contributed by atoms with E-state index >= 15 is 0 Å². The Hall–Kier alpha value is -1.78. The first kappa shape index (κ1) is 10.7. The summed E-state index contributed by atoms with van der Waals surface area (Å²) in [4.78, 5) is 0. The molecular formula is C11H17N5. The standard InChI is InChI=1S/C11H17N5/c1-4-11-9(7-16(3)14-11)5-12-10-6-13-15(2)8-10/h6-8,12H,4-5H2,1-3H3. The van der Waals surface area contributed by atoms with Crippen molar-refractivity contribution in [3.8, 4) is 0 Å². The van der Waals surface area contributed by atoms with E-state index in [9.17, 15) is 0 Å². The molecule has 2 aromatic rings. The van der Waals surface area contributed by atoms with E-state index in [1.165, 1.54) is 5.56 Å². The molecule has 0 aliphatic rings. The fourth-order valence-corrected chi connectivity index (χ4v) is 1.74. The van der Waals surface area contributed by atoms with Crippen molar-refractivity contribution in [2.75, 3.05) is 5.32 Å². The van der Waals surface area contributed by atoms with Gasteiger partial charge in [-0.25, -0.2) is 0 Å². The van der Waals surface area contributed by atoms with Crippen LogP contribution in [0, 0.1) is 0 Å². The Labute approximate surface area is 95.1 Å². The second-order valence-corrected chi connectivity index (χ2v) is 3.88. The molecule has 0 amide bonds. The first-order chi connectivity index (χ1) is 7.69. The molecular weight excluding hydrogens is 202 g/mol. The highest BCUT2D eigenvalue weighted by Gasteiger charge is 2.05. The second-order valence-electron chi connectivity index (χ2n) is 3.88. The van der Waals surface area contributed by atoms with Gasteiger partial charge in [-0.3, -0.25) is 9.36 Å². The van der Waals surface area contributed by atoms with Crippen molar-refractivity contribution in [1.29, 1.82) is 0 Å². The highest BCUT2D eigenvalue weighted by Crippen LogP contribution is 2.11. The number of aryl methyl sites for hydroxylation is 3. The lowest BCUT2D eigenvalue weighted by Crippen LogP contribution is -2.00. The molecule has 16 heavy (non-hydrogen) atoms. The molecule has 0 radical (unpaired) electrons. The molecule has 2 heterocycles. The van der Waals surface area contributed by atoms with Crippen LogP contribution >= 0.6 is 0 Å². The Bertz CT molecular complexity index is 468. The van der Waals surface area contributed by atoms with Crippen LogP contribution in [0.25, 0.3) is 0 Å². The van der Waals surface area contributed by atoms with Gasteiger partial charge in [-0.15, -0.1) is 0 Å². The van der Waals surface area contributed by atoms with E-state index in [1.54, 1.807) is 4.68 Å². The van der Waals surface area contributed by atoms with E-state index in [0.29, 0.717) is 0 Å². The molecule has 0 fully saturated rings. The summed E-state index contributed by atoms with van der Waals surface area (Å²) < 4.78 is 3.64. The zero-order valence-electron chi connectivity index (χ0n) is 9.94. The van der Waals surface area contributed by atoms with Crippen LogP contribution in [0.3, 0.4) is 0 Å². The van der Waals surface area contributed by atoms with E-state index in [-0.39, 0.29) is 0 Å². The maximum atomic E-state index is 4.40. The van der Waals surface area contributed by atoms with Crippen molar-refractivity contribution in [3.05, 3.63) is 29.8 Å². The van der Waals surface area contributed by atoms with Crippen LogP contribution in [-0.2, 0) is 27.1 Å². The normalized spacial score (nSPS) is 10.7. The quantitative estimate of drug-likeness (QED) is 0.844. The number of aromatic nitrogens is 4. The molecule has 0 saturated heterocycles. The minimum absolute atomic E-state index is 0.794. The molecule has 0 spiro atoms. The molecule has 0 bridgehead atoms. The minimum Gasteiger partial charge on any atom is -0.378 e. The van der Waals surface area contributed by atoms with Crippen LogP contribution in [0.5, 0.6) is 0 Å². The summed E-state index contributed by atoms with van der Waals surface area (Å²) in [7, 11) is 3.86. The third-order valence-electron chi connectivity index (χ3n) is 2.51. The summed E-state index contributed by atoms with van der Waals surface area (Å²) in [5.74, 6) is 0. The van der Waals surface area contributed by atoms with Crippen molar-refractivity contribution in [3.63, 3.8) is 0 Å². The van der Waals surface area contributed by atoms with E-state index in [2.05, 4.69) is 28.6 Å². The second kappa shape index (κ2) is 4.38. The molecule has 0 saturated carbocycles. The van der Waals surface area contributed by atoms with Crippen molar-refractivity contribution in [2.45, 2.75) is 19.9 Å². The Balaban J connectivity index is 2.04. The predicted molar refractivity (Wildman–Crippen MR) is 63.1 cm³/mol. The van der Waals surface area contributed by atoms with Gasteiger partial charge in [0.15, 0.2) is 0 Å². The van der Waals surface area contributed by atoms with Crippen LogP contribution in [-0.4, -0.2) is 19.6 Å². The first-order valence-electron chi connectivity index (χ1n) is 5.43. The van der Waals surface area contributed by atoms with Crippen LogP contribution in [0.15, 0.2) is 18.6 Å². The molecule has 2 aromatic heterocycles. The molecule has 0 aliphatic carbocycles. The summed E-state index contributed by atoms with van der Waals surface area (Å²) >= 11 is 0. The summed E-state index contributed by atoms with van der Waals surface area (Å²) in [6.45, 7) is 2.92. The number of nitrogens with one attached hydrogen (secondary N) is 1. The van der Waals surface area contributed by atoms with E-state index in [4.69, 9.17) is 0 Å². The number of hydrogen-bond donors (Lipinski definition) is 1. The lowest BCUT2D eigenvalue weighted by Gasteiger charge is -2.02. The van der Waals surface area contributed by atoms with Crippen LogP contribution in [0.4, 0.5) is 5.69 Å². The van der Waals surface area contributed by atoms with Gasteiger partial charge in [-0.1, -0.05) is 6.92 Å². The van der Waals surface area contributed by atoms with Gasteiger partial charge in [0.25, 0.3) is 0 Å². The van der Waals surface area contributed by atoms with Gasteiger partial charge in [0.05, 0.1) is 17.6 Å². The zero-order chi connectivity index (χ0) is 11.5. The largest absolute Gasteiger partial charge is 0.378 e. The van der Waals surface area contributed by atoms with Gasteiger partial charge in [-0.2, -0.15) is 10.2 Å². The Kier molecular flexibility index (Phi) is 2.94. The van der Waals surface area contributed by atoms with E-state index < -0.39 is 0 Å². The van der Waals surface area contributed by atoms with E-state index in [0.717, 1.165) is 24.3 Å². The molecule has 86 valence electrons. The maximum Gasteiger partial charge on any atom is 0.0729 e. The van der Waals surface area contributed by atoms with E-state index in [1.807, 2.05) is 31.2 Å². The Morgan fingerprint density at radius 3 is 2.69 bits per heavy atom. The highest BCUT2D eigenvalue weighted by atomic mass is 15.3. The number of hydrogen-bond acceptors (Lipinski definition) is 3. The third kappa shape index (κ3) is 2.24. The number of anilines is 1. The summed E-state index contributed by atoms with van der Waals surface area (Å²) in [5, 5.41) is 11.8. The molecule has 0 aliphatic heterocycles.